The molecule has 0 aromatic carbocycles. The summed E-state index contributed by atoms with van der Waals surface area (Å²) in [5, 5.41) is 6.39. The molecule has 5 nitrogen and oxygen atoms in total. The summed E-state index contributed by atoms with van der Waals surface area (Å²) in [5.41, 5.74) is 0. The molecule has 0 radical (unpaired) electrons. The standard InChI is InChI=1S/C15H31N3O2/c1-12(2)9-13(10-18(3)4)17-15(19)11-20-14-5-7-16-8-6-14/h12-14,16H,5-11H2,1-4H3,(H,17,19). The predicted molar refractivity (Wildman–Crippen MR) is 81.8 cm³/mol. The Morgan fingerprint density at radius 1 is 1.35 bits per heavy atom. The van der Waals surface area contributed by atoms with Crippen LogP contribution in [-0.2, 0) is 9.53 Å². The first-order valence-corrected chi connectivity index (χ1v) is 7.73. The van der Waals surface area contributed by atoms with Gasteiger partial charge in [-0.05, 0) is 52.4 Å². The molecule has 0 bridgehead atoms. The first-order chi connectivity index (χ1) is 9.47. The van der Waals surface area contributed by atoms with Gasteiger partial charge < -0.3 is 20.3 Å². The van der Waals surface area contributed by atoms with Gasteiger partial charge in [-0.2, -0.15) is 0 Å². The van der Waals surface area contributed by atoms with Crippen LogP contribution < -0.4 is 10.6 Å². The van der Waals surface area contributed by atoms with Crippen molar-refractivity contribution in [2.45, 2.75) is 45.3 Å². The van der Waals surface area contributed by atoms with Crippen molar-refractivity contribution < 1.29 is 9.53 Å². The fourth-order valence-electron chi connectivity index (χ4n) is 2.61. The van der Waals surface area contributed by atoms with Gasteiger partial charge in [-0.1, -0.05) is 13.8 Å². The quantitative estimate of drug-likeness (QED) is 0.694. The van der Waals surface area contributed by atoms with Crippen molar-refractivity contribution in [1.82, 2.24) is 15.5 Å². The minimum atomic E-state index is 0.0102. The van der Waals surface area contributed by atoms with E-state index in [1.165, 1.54) is 0 Å². The molecule has 118 valence electrons. The molecular weight excluding hydrogens is 254 g/mol. The van der Waals surface area contributed by atoms with Gasteiger partial charge in [0.2, 0.25) is 5.91 Å². The Hall–Kier alpha value is -0.650. The van der Waals surface area contributed by atoms with Gasteiger partial charge in [-0.15, -0.1) is 0 Å². The molecule has 5 heteroatoms. The predicted octanol–water partition coefficient (Wildman–Crippen LogP) is 0.848. The van der Waals surface area contributed by atoms with Crippen LogP contribution in [0.4, 0.5) is 0 Å². The molecule has 1 aliphatic rings. The van der Waals surface area contributed by atoms with Gasteiger partial charge in [-0.25, -0.2) is 0 Å². The van der Waals surface area contributed by atoms with E-state index in [4.69, 9.17) is 4.74 Å². The fourth-order valence-corrected chi connectivity index (χ4v) is 2.61. The molecule has 1 amide bonds. The molecular formula is C15H31N3O2. The van der Waals surface area contributed by atoms with Gasteiger partial charge in [0.05, 0.1) is 6.10 Å². The molecule has 0 saturated carbocycles. The highest BCUT2D eigenvalue weighted by Crippen LogP contribution is 2.08. The van der Waals surface area contributed by atoms with Crippen LogP contribution in [0.5, 0.6) is 0 Å². The van der Waals surface area contributed by atoms with Crippen molar-refractivity contribution >= 4 is 5.91 Å². The van der Waals surface area contributed by atoms with Crippen LogP contribution in [0.1, 0.15) is 33.1 Å². The maximum absolute atomic E-state index is 12.0. The van der Waals surface area contributed by atoms with Crippen LogP contribution in [0.25, 0.3) is 0 Å². The highest BCUT2D eigenvalue weighted by molar-refractivity contribution is 5.77. The van der Waals surface area contributed by atoms with Crippen molar-refractivity contribution in [3.63, 3.8) is 0 Å². The van der Waals surface area contributed by atoms with Crippen LogP contribution in [0, 0.1) is 5.92 Å². The van der Waals surface area contributed by atoms with E-state index in [0.717, 1.165) is 38.9 Å². The highest BCUT2D eigenvalue weighted by atomic mass is 16.5. The zero-order valence-electron chi connectivity index (χ0n) is 13.4. The van der Waals surface area contributed by atoms with Crippen LogP contribution in [0.2, 0.25) is 0 Å². The van der Waals surface area contributed by atoms with E-state index < -0.39 is 0 Å². The van der Waals surface area contributed by atoms with Gasteiger partial charge in [0.15, 0.2) is 0 Å². The van der Waals surface area contributed by atoms with Crippen molar-refractivity contribution in [1.29, 1.82) is 0 Å². The third kappa shape index (κ3) is 7.82. The smallest absolute Gasteiger partial charge is 0.246 e. The van der Waals surface area contributed by atoms with Crippen LogP contribution in [0.3, 0.4) is 0 Å². The lowest BCUT2D eigenvalue weighted by molar-refractivity contribution is -0.129. The lowest BCUT2D eigenvalue weighted by Crippen LogP contribution is -2.44. The molecule has 0 aromatic heterocycles. The largest absolute Gasteiger partial charge is 0.368 e. The zero-order chi connectivity index (χ0) is 15.0. The molecule has 20 heavy (non-hydrogen) atoms. The first-order valence-electron chi connectivity index (χ1n) is 7.73. The Morgan fingerprint density at radius 3 is 2.55 bits per heavy atom. The zero-order valence-corrected chi connectivity index (χ0v) is 13.4. The van der Waals surface area contributed by atoms with Crippen molar-refractivity contribution in [2.24, 2.45) is 5.92 Å². The van der Waals surface area contributed by atoms with Gasteiger partial charge >= 0.3 is 0 Å². The Labute approximate surface area is 123 Å². The van der Waals surface area contributed by atoms with Gasteiger partial charge in [0, 0.05) is 12.6 Å². The van der Waals surface area contributed by atoms with E-state index in [0.29, 0.717) is 5.92 Å². The number of likely N-dealkylation sites (N-methyl/N-ethyl adjacent to an activating group) is 1. The summed E-state index contributed by atoms with van der Waals surface area (Å²) < 4.78 is 5.69. The molecule has 1 fully saturated rings. The van der Waals surface area contributed by atoms with Crippen molar-refractivity contribution in [3.05, 3.63) is 0 Å². The van der Waals surface area contributed by atoms with E-state index in [1.807, 2.05) is 14.1 Å². The van der Waals surface area contributed by atoms with E-state index in [9.17, 15) is 4.79 Å². The maximum atomic E-state index is 12.0. The summed E-state index contributed by atoms with van der Waals surface area (Å²) in [5.74, 6) is 0.585. The van der Waals surface area contributed by atoms with E-state index >= 15 is 0 Å². The lowest BCUT2D eigenvalue weighted by Gasteiger charge is -2.25. The molecule has 1 unspecified atom stereocenters. The number of rotatable bonds is 8. The first kappa shape index (κ1) is 17.4. The molecule has 0 spiro atoms. The summed E-state index contributed by atoms with van der Waals surface area (Å²) in [4.78, 5) is 14.1. The average molecular weight is 285 g/mol. The number of ether oxygens (including phenoxy) is 1. The second-order valence-corrected chi connectivity index (χ2v) is 6.42. The molecule has 0 aliphatic carbocycles. The molecule has 1 aliphatic heterocycles. The molecule has 1 atom stereocenters. The molecule has 2 N–H and O–H groups in total. The minimum absolute atomic E-state index is 0.0102. The van der Waals surface area contributed by atoms with E-state index in [-0.39, 0.29) is 24.7 Å². The summed E-state index contributed by atoms with van der Waals surface area (Å²) in [6, 6.07) is 0.203. The van der Waals surface area contributed by atoms with Crippen LogP contribution in [0.15, 0.2) is 0 Å². The number of hydrogen-bond acceptors (Lipinski definition) is 4. The lowest BCUT2D eigenvalue weighted by atomic mass is 10.0. The monoisotopic (exact) mass is 285 g/mol. The van der Waals surface area contributed by atoms with E-state index in [2.05, 4.69) is 29.4 Å². The Bertz CT molecular complexity index is 266. The van der Waals surface area contributed by atoms with Crippen LogP contribution >= 0.6 is 0 Å². The number of hydrogen-bond donors (Lipinski definition) is 2. The molecule has 0 aromatic rings. The Kier molecular flexibility index (Phi) is 8.11. The molecule has 1 heterocycles. The van der Waals surface area contributed by atoms with Gasteiger partial charge in [-0.3, -0.25) is 4.79 Å². The number of carbonyl (C=O) groups is 1. The molecule has 1 rings (SSSR count). The summed E-state index contributed by atoms with van der Waals surface area (Å²) in [6.45, 7) is 7.40. The third-order valence-corrected chi connectivity index (χ3v) is 3.44. The number of nitrogens with one attached hydrogen (secondary N) is 2. The second kappa shape index (κ2) is 9.32. The highest BCUT2D eigenvalue weighted by Gasteiger charge is 2.18. The second-order valence-electron chi connectivity index (χ2n) is 6.42. The Morgan fingerprint density at radius 2 is 2.00 bits per heavy atom. The van der Waals surface area contributed by atoms with Gasteiger partial charge in [0.1, 0.15) is 6.61 Å². The van der Waals surface area contributed by atoms with Crippen molar-refractivity contribution in [2.75, 3.05) is 40.3 Å². The number of piperidine rings is 1. The third-order valence-electron chi connectivity index (χ3n) is 3.44. The summed E-state index contributed by atoms with van der Waals surface area (Å²) in [6.07, 6.45) is 3.23. The van der Waals surface area contributed by atoms with Crippen LogP contribution in [-0.4, -0.2) is 63.3 Å². The topological polar surface area (TPSA) is 53.6 Å². The Balaban J connectivity index is 2.28. The number of carbonyl (C=O) groups excluding carboxylic acids is 1. The number of amides is 1. The summed E-state index contributed by atoms with van der Waals surface area (Å²) >= 11 is 0. The van der Waals surface area contributed by atoms with E-state index in [1.54, 1.807) is 0 Å². The van der Waals surface area contributed by atoms with Crippen molar-refractivity contribution in [3.8, 4) is 0 Å². The SMILES string of the molecule is CC(C)CC(CN(C)C)NC(=O)COC1CCNCC1. The van der Waals surface area contributed by atoms with Gasteiger partial charge in [0.25, 0.3) is 0 Å². The maximum Gasteiger partial charge on any atom is 0.246 e. The normalized spacial score (nSPS) is 18.5. The minimum Gasteiger partial charge on any atom is -0.368 e. The average Bonchev–Trinajstić information content (AvgIpc) is 2.36. The molecule has 1 saturated heterocycles. The fraction of sp³-hybridized carbons (Fsp3) is 0.933. The summed E-state index contributed by atoms with van der Waals surface area (Å²) in [7, 11) is 4.07. The number of nitrogens with zero attached hydrogens (tertiary/aromatic N) is 1.